The van der Waals surface area contributed by atoms with Gasteiger partial charge in [0.15, 0.2) is 0 Å². The van der Waals surface area contributed by atoms with Crippen LogP contribution < -0.4 is 0 Å². The van der Waals surface area contributed by atoms with Crippen LogP contribution in [0.25, 0.3) is 0 Å². The highest BCUT2D eigenvalue weighted by molar-refractivity contribution is 7.79. The van der Waals surface area contributed by atoms with E-state index >= 15 is 0 Å². The number of hydrogen-bond donors (Lipinski definition) is 0. The van der Waals surface area contributed by atoms with Crippen molar-refractivity contribution < 1.29 is 8.78 Å². The molecule has 0 aliphatic rings. The second-order valence-corrected chi connectivity index (χ2v) is 1.19. The summed E-state index contributed by atoms with van der Waals surface area (Å²) in [5, 5.41) is 1.35. The van der Waals surface area contributed by atoms with Crippen LogP contribution >= 0.6 is 12.2 Å². The van der Waals surface area contributed by atoms with Crippen molar-refractivity contribution in [2.24, 2.45) is 0 Å². The molecule has 3 heteroatoms. The Morgan fingerprint density at radius 1 is 1.67 bits per heavy atom. The lowest BCUT2D eigenvalue weighted by atomic mass is 10.5. The molecule has 1 radical (unpaired) electrons. The summed E-state index contributed by atoms with van der Waals surface area (Å²) in [6.07, 6.45) is 0. The van der Waals surface area contributed by atoms with Crippen LogP contribution in [0.2, 0.25) is 0 Å². The summed E-state index contributed by atoms with van der Waals surface area (Å²) < 4.78 is 22.5. The molecular formula is C3H3F2S. The molecule has 0 nitrogen and oxygen atoms in total. The Balaban J connectivity index is 3.45. The SMILES string of the molecule is CC(F)(F)[C]=S. The second-order valence-electron chi connectivity index (χ2n) is 0.990. The Kier molecular flexibility index (Phi) is 1.59. The quantitative estimate of drug-likeness (QED) is 0.460. The summed E-state index contributed by atoms with van der Waals surface area (Å²) in [5.74, 6) is -2.89. The molecule has 0 unspecified atom stereocenters. The van der Waals surface area contributed by atoms with Gasteiger partial charge in [-0.15, -0.1) is 0 Å². The minimum Gasteiger partial charge on any atom is -0.201 e. The van der Waals surface area contributed by atoms with Gasteiger partial charge in [0, 0.05) is 6.92 Å². The maximum Gasteiger partial charge on any atom is 0.281 e. The normalized spacial score (nSPS) is 11.2. The van der Waals surface area contributed by atoms with E-state index in [2.05, 4.69) is 12.2 Å². The predicted octanol–water partition coefficient (Wildman–Crippen LogP) is 1.52. The minimum absolute atomic E-state index is 0.694. The molecule has 0 atom stereocenters. The molecule has 0 aromatic heterocycles. The number of halogens is 2. The van der Waals surface area contributed by atoms with E-state index in [-0.39, 0.29) is 0 Å². The van der Waals surface area contributed by atoms with Crippen molar-refractivity contribution in [1.29, 1.82) is 0 Å². The summed E-state index contributed by atoms with van der Waals surface area (Å²) >= 11 is 3.79. The molecule has 0 rings (SSSR count). The van der Waals surface area contributed by atoms with Crippen molar-refractivity contribution in [2.45, 2.75) is 12.8 Å². The van der Waals surface area contributed by atoms with Crippen molar-refractivity contribution >= 4 is 17.6 Å². The second kappa shape index (κ2) is 1.60. The fraction of sp³-hybridized carbons (Fsp3) is 0.667. The number of alkyl halides is 2. The molecule has 0 aliphatic heterocycles. The first-order valence-electron chi connectivity index (χ1n) is 1.33. The predicted molar refractivity (Wildman–Crippen MR) is 23.2 cm³/mol. The van der Waals surface area contributed by atoms with E-state index in [1.54, 1.807) is 0 Å². The van der Waals surface area contributed by atoms with Gasteiger partial charge in [-0.1, -0.05) is 12.2 Å². The fourth-order valence-corrected chi connectivity index (χ4v) is 0. The number of rotatable bonds is 1. The summed E-state index contributed by atoms with van der Waals surface area (Å²) in [6.45, 7) is 0.694. The van der Waals surface area contributed by atoms with Gasteiger partial charge >= 0.3 is 0 Å². The highest BCUT2D eigenvalue weighted by atomic mass is 32.1. The molecule has 0 saturated carbocycles. The van der Waals surface area contributed by atoms with Crippen LogP contribution in [0, 0.1) is 0 Å². The zero-order chi connectivity index (χ0) is 5.21. The Morgan fingerprint density at radius 2 is 1.83 bits per heavy atom. The van der Waals surface area contributed by atoms with Gasteiger partial charge in [-0.3, -0.25) is 0 Å². The maximum absolute atomic E-state index is 11.2. The maximum atomic E-state index is 11.2. The largest absolute Gasteiger partial charge is 0.281 e. The molecule has 0 amide bonds. The van der Waals surface area contributed by atoms with E-state index in [9.17, 15) is 8.78 Å². The van der Waals surface area contributed by atoms with Crippen molar-refractivity contribution in [3.05, 3.63) is 0 Å². The standard InChI is InChI=1S/C3H3F2S/c1-3(4,5)2-6/h1H3. The fourth-order valence-electron chi connectivity index (χ4n) is 0. The molecule has 0 aliphatic carbocycles. The van der Waals surface area contributed by atoms with Crippen LogP contribution in [0.3, 0.4) is 0 Å². The van der Waals surface area contributed by atoms with Gasteiger partial charge in [-0.05, 0) is 0 Å². The van der Waals surface area contributed by atoms with Crippen LogP contribution in [0.15, 0.2) is 0 Å². The Labute approximate surface area is 40.2 Å². The third kappa shape index (κ3) is 3.95. The molecule has 0 N–H and O–H groups in total. The number of hydrogen-bond acceptors (Lipinski definition) is 1. The summed E-state index contributed by atoms with van der Waals surface area (Å²) in [4.78, 5) is 0. The van der Waals surface area contributed by atoms with Gasteiger partial charge in [-0.2, -0.15) is 0 Å². The zero-order valence-corrected chi connectivity index (χ0v) is 3.98. The Hall–Kier alpha value is -0.0500. The lowest BCUT2D eigenvalue weighted by Crippen LogP contribution is -2.07. The van der Waals surface area contributed by atoms with Crippen LogP contribution in [0.4, 0.5) is 8.78 Å². The van der Waals surface area contributed by atoms with Crippen molar-refractivity contribution in [3.63, 3.8) is 0 Å². The zero-order valence-electron chi connectivity index (χ0n) is 3.16. The van der Waals surface area contributed by atoms with Gasteiger partial charge in [0.2, 0.25) is 0 Å². The first-order chi connectivity index (χ1) is 2.56. The Bertz CT molecular complexity index is 54.3. The third-order valence-corrected chi connectivity index (χ3v) is 0.538. The highest BCUT2D eigenvalue weighted by Gasteiger charge is 2.15. The van der Waals surface area contributed by atoms with E-state index in [1.165, 1.54) is 5.37 Å². The van der Waals surface area contributed by atoms with E-state index in [4.69, 9.17) is 0 Å². The smallest absolute Gasteiger partial charge is 0.201 e. The lowest BCUT2D eigenvalue weighted by molar-refractivity contribution is 0.109. The van der Waals surface area contributed by atoms with E-state index in [0.717, 1.165) is 0 Å². The van der Waals surface area contributed by atoms with Crippen LogP contribution in [0.1, 0.15) is 6.92 Å². The molecule has 6 heavy (non-hydrogen) atoms. The summed E-state index contributed by atoms with van der Waals surface area (Å²) in [5.41, 5.74) is 0. The molecule has 0 aromatic rings. The van der Waals surface area contributed by atoms with Gasteiger partial charge in [0.25, 0.3) is 5.92 Å². The summed E-state index contributed by atoms with van der Waals surface area (Å²) in [7, 11) is 0. The average molecular weight is 109 g/mol. The van der Waals surface area contributed by atoms with Crippen molar-refractivity contribution in [2.75, 3.05) is 0 Å². The van der Waals surface area contributed by atoms with Crippen LogP contribution in [-0.2, 0) is 0 Å². The van der Waals surface area contributed by atoms with Crippen LogP contribution in [0.5, 0.6) is 0 Å². The van der Waals surface area contributed by atoms with Crippen LogP contribution in [-0.4, -0.2) is 11.3 Å². The first-order valence-corrected chi connectivity index (χ1v) is 1.74. The average Bonchev–Trinajstić information content (AvgIpc) is 1.35. The molecule has 0 spiro atoms. The summed E-state index contributed by atoms with van der Waals surface area (Å²) in [6, 6.07) is 0. The molecule has 0 fully saturated rings. The molecule has 0 heterocycles. The number of thiocarbonyl (C=S) groups is 1. The molecule has 0 saturated heterocycles. The first kappa shape index (κ1) is 5.95. The molecule has 0 bridgehead atoms. The van der Waals surface area contributed by atoms with Crippen molar-refractivity contribution in [1.82, 2.24) is 0 Å². The molecule has 0 aromatic carbocycles. The minimum atomic E-state index is -2.89. The van der Waals surface area contributed by atoms with Gasteiger partial charge < -0.3 is 0 Å². The van der Waals surface area contributed by atoms with E-state index < -0.39 is 5.92 Å². The lowest BCUT2D eigenvalue weighted by Gasteiger charge is -1.94. The van der Waals surface area contributed by atoms with Crippen molar-refractivity contribution in [3.8, 4) is 0 Å². The van der Waals surface area contributed by atoms with Gasteiger partial charge in [0.1, 0.15) is 5.37 Å². The van der Waals surface area contributed by atoms with Gasteiger partial charge in [0.05, 0.1) is 0 Å². The van der Waals surface area contributed by atoms with Gasteiger partial charge in [-0.25, -0.2) is 8.78 Å². The van der Waals surface area contributed by atoms with E-state index in [0.29, 0.717) is 6.92 Å². The highest BCUT2D eigenvalue weighted by Crippen LogP contribution is 2.05. The van der Waals surface area contributed by atoms with E-state index in [1.807, 2.05) is 0 Å². The monoisotopic (exact) mass is 109 g/mol. The Morgan fingerprint density at radius 3 is 1.83 bits per heavy atom. The molecule has 35 valence electrons. The third-order valence-electron chi connectivity index (χ3n) is 0.179. The molecular weight excluding hydrogens is 106 g/mol. The topological polar surface area (TPSA) is 0 Å².